The first-order valence-corrected chi connectivity index (χ1v) is 9.62. The predicted molar refractivity (Wildman–Crippen MR) is 97.6 cm³/mol. The van der Waals surface area contributed by atoms with Crippen molar-refractivity contribution in [3.63, 3.8) is 0 Å². The lowest BCUT2D eigenvalue weighted by Crippen LogP contribution is -2.61. The smallest absolute Gasteiger partial charge is 0.293 e. The Morgan fingerprint density at radius 1 is 0.833 bits per heavy atom. The molecule has 1 aliphatic rings. The molecule has 24 heavy (non-hydrogen) atoms. The van der Waals surface area contributed by atoms with Crippen molar-refractivity contribution in [3.8, 4) is 0 Å². The summed E-state index contributed by atoms with van der Waals surface area (Å²) in [6.07, 6.45) is 12.3. The number of carbonyl (C=O) groups excluding carboxylic acids is 2. The summed E-state index contributed by atoms with van der Waals surface area (Å²) in [6.45, 7) is 2.81. The van der Waals surface area contributed by atoms with E-state index in [9.17, 15) is 9.59 Å². The maximum Gasteiger partial charge on any atom is 0.293 e. The van der Waals surface area contributed by atoms with Crippen LogP contribution < -0.4 is 0 Å². The van der Waals surface area contributed by atoms with E-state index in [-0.39, 0.29) is 17.7 Å². The molecule has 0 unspecified atom stereocenters. The fraction of sp³-hybridized carbons (Fsp3) is 0.619. The number of nitrogens with zero attached hydrogens (tertiary/aromatic N) is 1. The van der Waals surface area contributed by atoms with Crippen LogP contribution in [0.4, 0.5) is 0 Å². The third-order valence-corrected chi connectivity index (χ3v) is 4.93. The molecular formula is C21H31NO2. The minimum Gasteiger partial charge on any atom is -0.321 e. The Balaban J connectivity index is 1.61. The second-order valence-electron chi connectivity index (χ2n) is 6.92. The van der Waals surface area contributed by atoms with Gasteiger partial charge in [0.2, 0.25) is 5.78 Å². The minimum atomic E-state index is -0.306. The summed E-state index contributed by atoms with van der Waals surface area (Å²) in [5, 5.41) is 0. The average molecular weight is 329 g/mol. The second kappa shape index (κ2) is 10.3. The molecular weight excluding hydrogens is 298 g/mol. The molecule has 1 heterocycles. The third-order valence-electron chi connectivity index (χ3n) is 4.93. The normalized spacial score (nSPS) is 17.2. The van der Waals surface area contributed by atoms with Gasteiger partial charge in [0.05, 0.1) is 0 Å². The number of likely N-dealkylation sites (tertiary alicyclic amines) is 1. The standard InChI is InChI=1S/C21H31NO2/c1-2-3-4-5-6-7-8-9-13-16-19-20(23)21(24)22(19)17-18-14-11-10-12-15-18/h10-12,14-15,19H,2-9,13,16-17H2,1H3/t19-/m1/s1. The molecule has 0 aliphatic carbocycles. The number of amides is 1. The lowest BCUT2D eigenvalue weighted by Gasteiger charge is -2.38. The molecule has 1 aliphatic heterocycles. The zero-order valence-electron chi connectivity index (χ0n) is 15.0. The van der Waals surface area contributed by atoms with Gasteiger partial charge in [-0.1, -0.05) is 95.0 Å². The molecule has 1 aromatic carbocycles. The Kier molecular flexibility index (Phi) is 8.00. The van der Waals surface area contributed by atoms with Gasteiger partial charge in [-0.25, -0.2) is 0 Å². The number of ketones is 1. The molecule has 0 saturated carbocycles. The van der Waals surface area contributed by atoms with Crippen molar-refractivity contribution in [1.29, 1.82) is 0 Å². The Labute approximate surface area is 146 Å². The summed E-state index contributed by atoms with van der Waals surface area (Å²) in [5.74, 6) is -0.495. The predicted octanol–water partition coefficient (Wildman–Crippen LogP) is 4.89. The molecule has 1 aromatic rings. The Hall–Kier alpha value is -1.64. The molecule has 0 aromatic heterocycles. The van der Waals surface area contributed by atoms with Gasteiger partial charge in [0.25, 0.3) is 5.91 Å². The number of rotatable bonds is 12. The molecule has 0 N–H and O–H groups in total. The van der Waals surface area contributed by atoms with E-state index < -0.39 is 0 Å². The van der Waals surface area contributed by atoms with Crippen LogP contribution in [-0.2, 0) is 16.1 Å². The molecule has 3 nitrogen and oxygen atoms in total. The Morgan fingerprint density at radius 2 is 1.42 bits per heavy atom. The van der Waals surface area contributed by atoms with Crippen LogP contribution >= 0.6 is 0 Å². The van der Waals surface area contributed by atoms with E-state index in [2.05, 4.69) is 6.92 Å². The number of hydrogen-bond acceptors (Lipinski definition) is 2. The van der Waals surface area contributed by atoms with Gasteiger partial charge in [0.15, 0.2) is 0 Å². The number of benzene rings is 1. The number of unbranched alkanes of at least 4 members (excludes halogenated alkanes) is 8. The van der Waals surface area contributed by atoms with Gasteiger partial charge >= 0.3 is 0 Å². The molecule has 1 fully saturated rings. The maximum absolute atomic E-state index is 11.8. The number of carbonyl (C=O) groups is 2. The summed E-state index contributed by atoms with van der Waals surface area (Å²) < 4.78 is 0. The highest BCUT2D eigenvalue weighted by Gasteiger charge is 2.45. The van der Waals surface area contributed by atoms with Crippen LogP contribution in [0.1, 0.15) is 76.7 Å². The quantitative estimate of drug-likeness (QED) is 0.311. The summed E-state index contributed by atoms with van der Waals surface area (Å²) in [4.78, 5) is 25.4. The fourth-order valence-corrected chi connectivity index (χ4v) is 3.40. The van der Waals surface area contributed by atoms with Crippen molar-refractivity contribution >= 4 is 11.7 Å². The highest BCUT2D eigenvalue weighted by Crippen LogP contribution is 2.24. The van der Waals surface area contributed by atoms with E-state index in [0.29, 0.717) is 6.54 Å². The highest BCUT2D eigenvalue weighted by molar-refractivity contribution is 6.44. The molecule has 0 radical (unpaired) electrons. The van der Waals surface area contributed by atoms with Crippen LogP contribution in [0.2, 0.25) is 0 Å². The van der Waals surface area contributed by atoms with E-state index >= 15 is 0 Å². The largest absolute Gasteiger partial charge is 0.321 e. The molecule has 1 atom stereocenters. The summed E-state index contributed by atoms with van der Waals surface area (Å²) in [7, 11) is 0. The van der Waals surface area contributed by atoms with Crippen molar-refractivity contribution in [2.45, 2.75) is 83.7 Å². The summed E-state index contributed by atoms with van der Waals surface area (Å²) >= 11 is 0. The average Bonchev–Trinajstić information content (AvgIpc) is 2.62. The molecule has 0 spiro atoms. The van der Waals surface area contributed by atoms with Crippen molar-refractivity contribution in [3.05, 3.63) is 35.9 Å². The van der Waals surface area contributed by atoms with Crippen LogP contribution in [0.5, 0.6) is 0 Å². The first kappa shape index (κ1) is 18.7. The zero-order chi connectivity index (χ0) is 17.2. The fourth-order valence-electron chi connectivity index (χ4n) is 3.40. The molecule has 1 amide bonds. The van der Waals surface area contributed by atoms with Crippen LogP contribution in [0, 0.1) is 0 Å². The van der Waals surface area contributed by atoms with Crippen LogP contribution in [0.25, 0.3) is 0 Å². The van der Waals surface area contributed by atoms with Crippen LogP contribution in [0.15, 0.2) is 30.3 Å². The minimum absolute atomic E-state index is 0.178. The van der Waals surface area contributed by atoms with E-state index in [1.54, 1.807) is 4.90 Å². The van der Waals surface area contributed by atoms with Gasteiger partial charge in [0, 0.05) is 6.54 Å². The summed E-state index contributed by atoms with van der Waals surface area (Å²) in [6, 6.07) is 9.74. The molecule has 2 rings (SSSR count). The second-order valence-corrected chi connectivity index (χ2v) is 6.92. The maximum atomic E-state index is 11.8. The van der Waals surface area contributed by atoms with Gasteiger partial charge in [-0.3, -0.25) is 9.59 Å². The Bertz CT molecular complexity index is 512. The number of β-lactam (4-membered cyclic amide) rings is 1. The van der Waals surface area contributed by atoms with Crippen LogP contribution in [-0.4, -0.2) is 22.6 Å². The third kappa shape index (κ3) is 5.47. The van der Waals surface area contributed by atoms with Gasteiger partial charge < -0.3 is 4.90 Å². The monoisotopic (exact) mass is 329 g/mol. The first-order valence-electron chi connectivity index (χ1n) is 9.62. The van der Waals surface area contributed by atoms with Gasteiger partial charge in [0.1, 0.15) is 6.04 Å². The highest BCUT2D eigenvalue weighted by atomic mass is 16.2. The lowest BCUT2D eigenvalue weighted by molar-refractivity contribution is -0.162. The van der Waals surface area contributed by atoms with Crippen molar-refractivity contribution in [2.75, 3.05) is 0 Å². The SMILES string of the molecule is CCCCCCCCCCC[C@@H]1C(=O)C(=O)N1Cc1ccccc1. The molecule has 1 saturated heterocycles. The van der Waals surface area contributed by atoms with Gasteiger partial charge in [-0.15, -0.1) is 0 Å². The van der Waals surface area contributed by atoms with Crippen molar-refractivity contribution in [1.82, 2.24) is 4.90 Å². The van der Waals surface area contributed by atoms with Crippen LogP contribution in [0.3, 0.4) is 0 Å². The molecule has 3 heteroatoms. The van der Waals surface area contributed by atoms with Crippen molar-refractivity contribution < 1.29 is 9.59 Å². The number of hydrogen-bond donors (Lipinski definition) is 0. The zero-order valence-corrected chi connectivity index (χ0v) is 15.0. The van der Waals surface area contributed by atoms with E-state index in [1.165, 1.54) is 51.4 Å². The topological polar surface area (TPSA) is 37.4 Å². The number of Topliss-reactive ketones (excluding diaryl/α,β-unsaturated/α-hetero) is 1. The molecule has 0 bridgehead atoms. The molecule has 132 valence electrons. The lowest BCUT2D eigenvalue weighted by atomic mass is 9.93. The van der Waals surface area contributed by atoms with Gasteiger partial charge in [-0.2, -0.15) is 0 Å². The first-order chi connectivity index (χ1) is 11.7. The van der Waals surface area contributed by atoms with E-state index in [1.807, 2.05) is 30.3 Å². The van der Waals surface area contributed by atoms with E-state index in [0.717, 1.165) is 18.4 Å². The van der Waals surface area contributed by atoms with Gasteiger partial charge in [-0.05, 0) is 12.0 Å². The van der Waals surface area contributed by atoms with Crippen molar-refractivity contribution in [2.24, 2.45) is 0 Å². The van der Waals surface area contributed by atoms with E-state index in [4.69, 9.17) is 0 Å². The summed E-state index contributed by atoms with van der Waals surface area (Å²) in [5.41, 5.74) is 1.09. The Morgan fingerprint density at radius 3 is 2.04 bits per heavy atom.